The first kappa shape index (κ1) is 25.3. The summed E-state index contributed by atoms with van der Waals surface area (Å²) >= 11 is 10.2. The second-order valence-corrected chi connectivity index (χ2v) is 11.6. The van der Waals surface area contributed by atoms with Crippen molar-refractivity contribution in [3.8, 4) is 5.75 Å². The van der Waals surface area contributed by atoms with E-state index in [1.165, 1.54) is 4.21 Å². The third-order valence-corrected chi connectivity index (χ3v) is 9.38. The van der Waals surface area contributed by atoms with Gasteiger partial charge >= 0.3 is 5.97 Å². The topological polar surface area (TPSA) is 62.7 Å². The van der Waals surface area contributed by atoms with Gasteiger partial charge in [-0.05, 0) is 93.4 Å². The zero-order chi connectivity index (χ0) is 24.0. The molecule has 1 saturated heterocycles. The Labute approximate surface area is 214 Å². The molecule has 0 bridgehead atoms. The van der Waals surface area contributed by atoms with Crippen LogP contribution in [0.3, 0.4) is 0 Å². The van der Waals surface area contributed by atoms with Crippen LogP contribution in [-0.4, -0.2) is 53.5 Å². The lowest BCUT2D eigenvalue weighted by Gasteiger charge is -2.39. The molecule has 3 aromatic rings. The number of rotatable bonds is 11. The number of carboxylic acid groups (broad SMARTS) is 1. The van der Waals surface area contributed by atoms with Crippen molar-refractivity contribution in [1.82, 2.24) is 9.88 Å². The first-order valence-electron chi connectivity index (χ1n) is 11.7. The lowest BCUT2D eigenvalue weighted by Crippen LogP contribution is -2.44. The number of benzene rings is 1. The number of carboxylic acids is 1. The van der Waals surface area contributed by atoms with Crippen LogP contribution in [0.1, 0.15) is 37.7 Å². The molecule has 182 valence electrons. The highest BCUT2D eigenvalue weighted by Gasteiger charge is 2.40. The molecule has 0 spiro atoms. The molecule has 0 saturated carbocycles. The van der Waals surface area contributed by atoms with Crippen molar-refractivity contribution in [2.45, 2.75) is 42.7 Å². The second kappa shape index (κ2) is 11.8. The van der Waals surface area contributed by atoms with Gasteiger partial charge in [-0.2, -0.15) is 0 Å². The van der Waals surface area contributed by atoms with Gasteiger partial charge in [-0.15, -0.1) is 23.1 Å². The number of aliphatic carboxylic acids is 1. The zero-order valence-electron chi connectivity index (χ0n) is 19.5. The zero-order valence-corrected chi connectivity index (χ0v) is 21.9. The lowest BCUT2D eigenvalue weighted by molar-refractivity contribution is -0.152. The standard InChI is InChI=1S/C26H31ClN2O3S2/c1-32-19-7-8-23-21(17-19)20(22(27)18-28-23)5-2-9-26(25(30)31)10-13-29(14-11-26)12-4-16-34-24-6-3-15-33-24/h3,6-8,15,17-18H,2,4-5,9-14,16H2,1H3,(H,30,31). The summed E-state index contributed by atoms with van der Waals surface area (Å²) in [5.74, 6) is 1.21. The van der Waals surface area contributed by atoms with Gasteiger partial charge in [0.2, 0.25) is 0 Å². The van der Waals surface area contributed by atoms with Gasteiger partial charge in [0.25, 0.3) is 0 Å². The summed E-state index contributed by atoms with van der Waals surface area (Å²) in [6.45, 7) is 2.74. The molecule has 1 aromatic carbocycles. The van der Waals surface area contributed by atoms with Gasteiger partial charge in [-0.25, -0.2) is 0 Å². The number of likely N-dealkylation sites (tertiary alicyclic amines) is 1. The summed E-state index contributed by atoms with van der Waals surface area (Å²) in [5.41, 5.74) is 1.25. The monoisotopic (exact) mass is 518 g/mol. The predicted octanol–water partition coefficient (Wildman–Crippen LogP) is 6.63. The Hall–Kier alpha value is -1.80. The molecule has 3 heterocycles. The highest BCUT2D eigenvalue weighted by molar-refractivity contribution is 8.01. The average Bonchev–Trinajstić information content (AvgIpc) is 3.37. The summed E-state index contributed by atoms with van der Waals surface area (Å²) in [5, 5.41) is 13.8. The predicted molar refractivity (Wildman–Crippen MR) is 142 cm³/mol. The molecule has 0 radical (unpaired) electrons. The highest BCUT2D eigenvalue weighted by Crippen LogP contribution is 2.38. The summed E-state index contributed by atoms with van der Waals surface area (Å²) < 4.78 is 6.74. The van der Waals surface area contributed by atoms with Gasteiger partial charge in [0.05, 0.1) is 27.3 Å². The van der Waals surface area contributed by atoms with Crippen LogP contribution in [-0.2, 0) is 11.2 Å². The number of piperidine rings is 1. The van der Waals surface area contributed by atoms with Crippen molar-refractivity contribution in [1.29, 1.82) is 0 Å². The Morgan fingerprint density at radius 2 is 2.12 bits per heavy atom. The van der Waals surface area contributed by atoms with E-state index in [4.69, 9.17) is 16.3 Å². The maximum Gasteiger partial charge on any atom is 0.309 e. The van der Waals surface area contributed by atoms with E-state index in [0.717, 1.165) is 66.9 Å². The molecule has 1 aliphatic heterocycles. The normalized spacial score (nSPS) is 16.1. The van der Waals surface area contributed by atoms with Crippen LogP contribution in [0.2, 0.25) is 5.02 Å². The van der Waals surface area contributed by atoms with Gasteiger partial charge in [-0.1, -0.05) is 17.7 Å². The molecular weight excluding hydrogens is 488 g/mol. The Bertz CT molecular complexity index is 1100. The molecule has 8 heteroatoms. The number of fused-ring (bicyclic) bond motifs is 1. The van der Waals surface area contributed by atoms with Crippen LogP contribution in [0.4, 0.5) is 0 Å². The Balaban J connectivity index is 1.31. The van der Waals surface area contributed by atoms with E-state index < -0.39 is 11.4 Å². The van der Waals surface area contributed by atoms with Gasteiger partial charge in [0.1, 0.15) is 5.75 Å². The van der Waals surface area contributed by atoms with E-state index in [9.17, 15) is 9.90 Å². The molecule has 4 rings (SSSR count). The fourth-order valence-corrected chi connectivity index (χ4v) is 6.80. The first-order valence-corrected chi connectivity index (χ1v) is 14.0. The minimum Gasteiger partial charge on any atom is -0.497 e. The van der Waals surface area contributed by atoms with Gasteiger partial charge < -0.3 is 14.7 Å². The van der Waals surface area contributed by atoms with Crippen molar-refractivity contribution >= 4 is 51.6 Å². The van der Waals surface area contributed by atoms with Crippen LogP contribution in [0.15, 0.2) is 46.1 Å². The van der Waals surface area contributed by atoms with E-state index in [1.807, 2.05) is 30.0 Å². The minimum absolute atomic E-state index is 0.625. The Kier molecular flexibility index (Phi) is 8.75. The van der Waals surface area contributed by atoms with Gasteiger partial charge in [0.15, 0.2) is 0 Å². The van der Waals surface area contributed by atoms with E-state index >= 15 is 0 Å². The number of halogens is 1. The third kappa shape index (κ3) is 6.06. The number of carbonyl (C=O) groups is 1. The molecule has 0 amide bonds. The van der Waals surface area contributed by atoms with Crippen LogP contribution in [0.25, 0.3) is 10.9 Å². The molecule has 2 aromatic heterocycles. The van der Waals surface area contributed by atoms with E-state index in [0.29, 0.717) is 24.3 Å². The second-order valence-electron chi connectivity index (χ2n) is 8.88. The minimum atomic E-state index is -0.659. The first-order chi connectivity index (χ1) is 16.5. The van der Waals surface area contributed by atoms with Crippen LogP contribution < -0.4 is 4.74 Å². The molecule has 1 fully saturated rings. The van der Waals surface area contributed by atoms with Crippen LogP contribution >= 0.6 is 34.7 Å². The number of aryl methyl sites for hydroxylation is 1. The van der Waals surface area contributed by atoms with Crippen LogP contribution in [0, 0.1) is 5.41 Å². The number of hydrogen-bond acceptors (Lipinski definition) is 6. The average molecular weight is 519 g/mol. The smallest absolute Gasteiger partial charge is 0.309 e. The Morgan fingerprint density at radius 1 is 1.29 bits per heavy atom. The SMILES string of the molecule is COc1ccc2ncc(Cl)c(CCCC3(C(=O)O)CCN(CCCSc4cccs4)CC3)c2c1. The van der Waals surface area contributed by atoms with Crippen LogP contribution in [0.5, 0.6) is 5.75 Å². The maximum absolute atomic E-state index is 12.3. The van der Waals surface area contributed by atoms with Gasteiger partial charge in [0, 0.05) is 17.3 Å². The summed E-state index contributed by atoms with van der Waals surface area (Å²) in [6, 6.07) is 10.0. The highest BCUT2D eigenvalue weighted by atomic mass is 35.5. The number of nitrogens with zero attached hydrogens (tertiary/aromatic N) is 2. The quantitative estimate of drug-likeness (QED) is 0.227. The van der Waals surface area contributed by atoms with Crippen molar-refractivity contribution in [2.24, 2.45) is 5.41 Å². The largest absolute Gasteiger partial charge is 0.497 e. The Morgan fingerprint density at radius 3 is 2.82 bits per heavy atom. The molecular formula is C26H31ClN2O3S2. The fraction of sp³-hybridized carbons (Fsp3) is 0.462. The number of ether oxygens (including phenoxy) is 1. The number of pyridine rings is 1. The fourth-order valence-electron chi connectivity index (χ4n) is 4.77. The number of hydrogen-bond donors (Lipinski definition) is 1. The van der Waals surface area contributed by atoms with E-state index in [-0.39, 0.29) is 0 Å². The molecule has 5 nitrogen and oxygen atoms in total. The molecule has 1 aliphatic rings. The molecule has 0 unspecified atom stereocenters. The summed E-state index contributed by atoms with van der Waals surface area (Å²) in [4.78, 5) is 19.2. The molecule has 1 N–H and O–H groups in total. The number of aromatic nitrogens is 1. The van der Waals surface area contributed by atoms with E-state index in [1.54, 1.807) is 24.6 Å². The third-order valence-electron chi connectivity index (χ3n) is 6.84. The maximum atomic E-state index is 12.3. The number of thiophene rings is 1. The molecule has 34 heavy (non-hydrogen) atoms. The molecule has 0 atom stereocenters. The van der Waals surface area contributed by atoms with Crippen molar-refractivity contribution in [3.63, 3.8) is 0 Å². The number of thioether (sulfide) groups is 1. The lowest BCUT2D eigenvalue weighted by atomic mass is 9.74. The number of methoxy groups -OCH3 is 1. The van der Waals surface area contributed by atoms with Crippen molar-refractivity contribution < 1.29 is 14.6 Å². The van der Waals surface area contributed by atoms with Crippen molar-refractivity contribution in [3.05, 3.63) is 52.5 Å². The summed E-state index contributed by atoms with van der Waals surface area (Å²) in [6.07, 6.45) is 6.39. The molecule has 0 aliphatic carbocycles. The van der Waals surface area contributed by atoms with E-state index in [2.05, 4.69) is 27.4 Å². The van der Waals surface area contributed by atoms with Gasteiger partial charge in [-0.3, -0.25) is 9.78 Å². The van der Waals surface area contributed by atoms with Crippen molar-refractivity contribution in [2.75, 3.05) is 32.5 Å². The summed E-state index contributed by atoms with van der Waals surface area (Å²) in [7, 11) is 1.64.